The number of benzene rings is 2. The molecule has 0 amide bonds. The molecule has 3 aromatic rings. The molecule has 0 radical (unpaired) electrons. The number of anilines is 1. The smallest absolute Gasteiger partial charge is 0.263 e. The number of hydrogen-bond acceptors (Lipinski definition) is 3. The third-order valence-electron chi connectivity index (χ3n) is 4.00. The van der Waals surface area contributed by atoms with E-state index in [0.29, 0.717) is 5.56 Å². The summed E-state index contributed by atoms with van der Waals surface area (Å²) in [5.74, 6) is -0.136. The summed E-state index contributed by atoms with van der Waals surface area (Å²) in [5, 5.41) is 0.0905. The van der Waals surface area contributed by atoms with Crippen molar-refractivity contribution in [2.24, 2.45) is 0 Å². The van der Waals surface area contributed by atoms with Gasteiger partial charge < -0.3 is 0 Å². The van der Waals surface area contributed by atoms with Crippen molar-refractivity contribution in [1.29, 1.82) is 0 Å². The van der Waals surface area contributed by atoms with E-state index in [0.717, 1.165) is 6.07 Å². The van der Waals surface area contributed by atoms with Crippen molar-refractivity contribution in [3.63, 3.8) is 0 Å². The van der Waals surface area contributed by atoms with Gasteiger partial charge >= 0.3 is 6.18 Å². The zero-order valence-corrected chi connectivity index (χ0v) is 16.0. The average molecular weight is 427 g/mol. The standard InChI is InChI=1S/C19H14ClF3N2O2S/c1-12-16(20)11-17(14-9-5-6-10-15(14)19(21,22)23)24-18(12)25-28(26,27)13-7-3-2-4-8-13/h2-11H,1H3,(H,24,25). The highest BCUT2D eigenvalue weighted by molar-refractivity contribution is 7.92. The van der Waals surface area contributed by atoms with Crippen LogP contribution in [0.2, 0.25) is 5.02 Å². The maximum Gasteiger partial charge on any atom is 0.417 e. The van der Waals surface area contributed by atoms with Crippen LogP contribution >= 0.6 is 11.6 Å². The van der Waals surface area contributed by atoms with E-state index in [-0.39, 0.29) is 27.0 Å². The first-order valence-electron chi connectivity index (χ1n) is 8.01. The van der Waals surface area contributed by atoms with Gasteiger partial charge in [-0.15, -0.1) is 0 Å². The van der Waals surface area contributed by atoms with E-state index in [1.54, 1.807) is 18.2 Å². The predicted octanol–water partition coefficient (Wildman–Crippen LogP) is 5.53. The molecule has 0 aliphatic rings. The van der Waals surface area contributed by atoms with Gasteiger partial charge in [-0.1, -0.05) is 48.0 Å². The molecule has 0 atom stereocenters. The first-order chi connectivity index (χ1) is 13.1. The monoisotopic (exact) mass is 426 g/mol. The van der Waals surface area contributed by atoms with Crippen LogP contribution < -0.4 is 4.72 Å². The number of sulfonamides is 1. The molecule has 4 nitrogen and oxygen atoms in total. The fourth-order valence-electron chi connectivity index (χ4n) is 2.55. The molecule has 28 heavy (non-hydrogen) atoms. The molecule has 0 unspecified atom stereocenters. The molecular formula is C19H14ClF3N2O2S. The highest BCUT2D eigenvalue weighted by Gasteiger charge is 2.34. The minimum Gasteiger partial charge on any atom is -0.263 e. The van der Waals surface area contributed by atoms with Gasteiger partial charge in [-0.05, 0) is 31.2 Å². The summed E-state index contributed by atoms with van der Waals surface area (Å²) in [6, 6.07) is 13.7. The van der Waals surface area contributed by atoms with E-state index in [1.165, 1.54) is 43.3 Å². The van der Waals surface area contributed by atoms with Gasteiger partial charge in [0.15, 0.2) is 0 Å². The van der Waals surface area contributed by atoms with Crippen LogP contribution in [0.15, 0.2) is 65.6 Å². The lowest BCUT2D eigenvalue weighted by atomic mass is 10.0. The molecule has 9 heteroatoms. The minimum absolute atomic E-state index is 0.00610. The van der Waals surface area contributed by atoms with Crippen LogP contribution in [-0.4, -0.2) is 13.4 Å². The summed E-state index contributed by atoms with van der Waals surface area (Å²) < 4.78 is 67.4. The fraction of sp³-hybridized carbons (Fsp3) is 0.105. The van der Waals surface area contributed by atoms with E-state index in [2.05, 4.69) is 9.71 Å². The number of nitrogens with zero attached hydrogens (tertiary/aromatic N) is 1. The Hall–Kier alpha value is -2.58. The molecule has 0 fully saturated rings. The Morgan fingerprint density at radius 1 is 1.00 bits per heavy atom. The number of nitrogens with one attached hydrogen (secondary N) is 1. The lowest BCUT2D eigenvalue weighted by molar-refractivity contribution is -0.137. The molecule has 1 aromatic heterocycles. The van der Waals surface area contributed by atoms with Crippen LogP contribution in [0, 0.1) is 6.92 Å². The van der Waals surface area contributed by atoms with Crippen molar-refractivity contribution >= 4 is 27.4 Å². The Kier molecular flexibility index (Phi) is 5.36. The number of halogens is 4. The van der Waals surface area contributed by atoms with Gasteiger partial charge in [-0.25, -0.2) is 13.4 Å². The zero-order valence-electron chi connectivity index (χ0n) is 14.5. The quantitative estimate of drug-likeness (QED) is 0.596. The third kappa shape index (κ3) is 4.13. The summed E-state index contributed by atoms with van der Waals surface area (Å²) in [6.07, 6.45) is -4.60. The predicted molar refractivity (Wildman–Crippen MR) is 102 cm³/mol. The van der Waals surface area contributed by atoms with E-state index < -0.39 is 21.8 Å². The summed E-state index contributed by atoms with van der Waals surface area (Å²) in [4.78, 5) is 4.11. The largest absolute Gasteiger partial charge is 0.417 e. The number of aromatic nitrogens is 1. The van der Waals surface area contributed by atoms with Gasteiger partial charge in [0, 0.05) is 16.1 Å². The van der Waals surface area contributed by atoms with Crippen molar-refractivity contribution < 1.29 is 21.6 Å². The molecule has 3 rings (SSSR count). The van der Waals surface area contributed by atoms with Gasteiger partial charge in [-0.3, -0.25) is 4.72 Å². The van der Waals surface area contributed by atoms with E-state index in [1.807, 2.05) is 0 Å². The zero-order chi connectivity index (χ0) is 20.5. The maximum absolute atomic E-state index is 13.3. The lowest BCUT2D eigenvalue weighted by Crippen LogP contribution is -2.15. The molecule has 0 aliphatic heterocycles. The van der Waals surface area contributed by atoms with E-state index in [9.17, 15) is 21.6 Å². The van der Waals surface area contributed by atoms with E-state index in [4.69, 9.17) is 11.6 Å². The van der Waals surface area contributed by atoms with E-state index >= 15 is 0 Å². The summed E-state index contributed by atoms with van der Waals surface area (Å²) in [7, 11) is -3.98. The normalized spacial score (nSPS) is 12.0. The molecule has 2 aromatic carbocycles. The van der Waals surface area contributed by atoms with Crippen molar-refractivity contribution in [3.8, 4) is 11.3 Å². The number of alkyl halides is 3. The topological polar surface area (TPSA) is 59.1 Å². The molecule has 0 bridgehead atoms. The van der Waals surface area contributed by atoms with Gasteiger partial charge in [-0.2, -0.15) is 13.2 Å². The number of pyridine rings is 1. The SMILES string of the molecule is Cc1c(Cl)cc(-c2ccccc2C(F)(F)F)nc1NS(=O)(=O)c1ccccc1. The van der Waals surface area contributed by atoms with Gasteiger partial charge in [0.05, 0.1) is 16.2 Å². The van der Waals surface area contributed by atoms with Crippen LogP contribution in [0.3, 0.4) is 0 Å². The van der Waals surface area contributed by atoms with Crippen LogP contribution in [0.1, 0.15) is 11.1 Å². The molecule has 0 saturated carbocycles. The summed E-state index contributed by atoms with van der Waals surface area (Å²) in [6.45, 7) is 1.53. The first-order valence-corrected chi connectivity index (χ1v) is 9.87. The first kappa shape index (κ1) is 20.2. The van der Waals surface area contributed by atoms with Crippen molar-refractivity contribution in [2.45, 2.75) is 18.0 Å². The molecule has 0 saturated heterocycles. The van der Waals surface area contributed by atoms with Crippen molar-refractivity contribution in [1.82, 2.24) is 4.98 Å². The second-order valence-electron chi connectivity index (χ2n) is 5.92. The van der Waals surface area contributed by atoms with Gasteiger partial charge in [0.2, 0.25) is 0 Å². The number of hydrogen-bond donors (Lipinski definition) is 1. The Morgan fingerprint density at radius 2 is 1.61 bits per heavy atom. The molecule has 146 valence electrons. The average Bonchev–Trinajstić information content (AvgIpc) is 2.65. The van der Waals surface area contributed by atoms with Gasteiger partial charge in [0.25, 0.3) is 10.0 Å². The molecular weight excluding hydrogens is 413 g/mol. The lowest BCUT2D eigenvalue weighted by Gasteiger charge is -2.16. The highest BCUT2D eigenvalue weighted by atomic mass is 35.5. The molecule has 1 heterocycles. The fourth-order valence-corrected chi connectivity index (χ4v) is 3.83. The highest BCUT2D eigenvalue weighted by Crippen LogP contribution is 2.38. The summed E-state index contributed by atoms with van der Waals surface area (Å²) in [5.41, 5.74) is -0.875. The second kappa shape index (κ2) is 7.44. The van der Waals surface area contributed by atoms with Crippen LogP contribution in [-0.2, 0) is 16.2 Å². The van der Waals surface area contributed by atoms with Crippen molar-refractivity contribution in [2.75, 3.05) is 4.72 Å². The van der Waals surface area contributed by atoms with Crippen LogP contribution in [0.4, 0.5) is 19.0 Å². The molecule has 1 N–H and O–H groups in total. The van der Waals surface area contributed by atoms with Crippen molar-refractivity contribution in [3.05, 3.63) is 76.8 Å². The second-order valence-corrected chi connectivity index (χ2v) is 8.01. The number of rotatable bonds is 4. The Balaban J connectivity index is 2.11. The Labute approximate surface area is 165 Å². The molecule has 0 aliphatic carbocycles. The minimum atomic E-state index is -4.60. The van der Waals surface area contributed by atoms with Gasteiger partial charge in [0.1, 0.15) is 5.82 Å². The van der Waals surface area contributed by atoms with Crippen LogP contribution in [0.5, 0.6) is 0 Å². The summed E-state index contributed by atoms with van der Waals surface area (Å²) >= 11 is 6.15. The third-order valence-corrected chi connectivity index (χ3v) is 5.75. The molecule has 0 spiro atoms. The Bertz CT molecular complexity index is 1120. The maximum atomic E-state index is 13.3. The van der Waals surface area contributed by atoms with Crippen LogP contribution in [0.25, 0.3) is 11.3 Å². The Morgan fingerprint density at radius 3 is 2.25 bits per heavy atom.